The molecule has 1 atom stereocenters. The highest BCUT2D eigenvalue weighted by Gasteiger charge is 2.43. The van der Waals surface area contributed by atoms with Crippen molar-refractivity contribution in [1.29, 1.82) is 0 Å². The van der Waals surface area contributed by atoms with Crippen molar-refractivity contribution in [3.05, 3.63) is 76.1 Å². The normalized spacial score (nSPS) is 17.0. The number of piperazine rings is 1. The van der Waals surface area contributed by atoms with Crippen LogP contribution in [0.1, 0.15) is 76.5 Å². The Labute approximate surface area is 373 Å². The number of hydrogen-bond donors (Lipinski definition) is 7. The van der Waals surface area contributed by atoms with Gasteiger partial charge in [-0.25, -0.2) is 4.98 Å². The van der Waals surface area contributed by atoms with Crippen molar-refractivity contribution in [2.75, 3.05) is 82.6 Å². The highest BCUT2D eigenvalue weighted by molar-refractivity contribution is 6.34. The number of rotatable bonds is 18. The van der Waals surface area contributed by atoms with E-state index in [1.807, 2.05) is 9.80 Å². The minimum atomic E-state index is -4.77. The summed E-state index contributed by atoms with van der Waals surface area (Å²) in [6.07, 6.45) is 3.29. The van der Waals surface area contributed by atoms with Gasteiger partial charge in [-0.05, 0) is 101 Å². The van der Waals surface area contributed by atoms with Crippen molar-refractivity contribution in [2.24, 2.45) is 23.5 Å². The van der Waals surface area contributed by atoms with E-state index in [9.17, 15) is 37.5 Å². The Morgan fingerprint density at radius 3 is 2.27 bits per heavy atom. The molecular formula is C43H54ClF3N12O5. The number of aliphatic carboxylic acids is 1. The highest BCUT2D eigenvalue weighted by atomic mass is 35.5. The summed E-state index contributed by atoms with van der Waals surface area (Å²) in [5.41, 5.74) is 6.04. The lowest BCUT2D eigenvalue weighted by Crippen LogP contribution is -2.58. The molecule has 0 bridgehead atoms. The number of likely N-dealkylation sites (tertiary alicyclic amines) is 1. The number of piperidine rings is 1. The number of aromatic amines is 2. The minimum Gasteiger partial charge on any atom is -0.480 e. The zero-order valence-corrected chi connectivity index (χ0v) is 36.1. The Morgan fingerprint density at radius 1 is 0.906 bits per heavy atom. The first kappa shape index (κ1) is 46.4. The van der Waals surface area contributed by atoms with E-state index in [-0.39, 0.29) is 87.3 Å². The van der Waals surface area contributed by atoms with Gasteiger partial charge < -0.3 is 41.6 Å². The molecule has 21 heteroatoms. The van der Waals surface area contributed by atoms with Crippen LogP contribution in [0.5, 0.6) is 0 Å². The van der Waals surface area contributed by atoms with Crippen molar-refractivity contribution < 1.29 is 37.5 Å². The average Bonchev–Trinajstić information content (AvgIpc) is 3.91. The summed E-state index contributed by atoms with van der Waals surface area (Å²) >= 11 is 6.59. The first-order chi connectivity index (χ1) is 30.8. The van der Waals surface area contributed by atoms with Gasteiger partial charge in [0.05, 0.1) is 40.4 Å². The van der Waals surface area contributed by atoms with Crippen molar-refractivity contribution in [3.63, 3.8) is 0 Å². The third kappa shape index (κ3) is 11.4. The van der Waals surface area contributed by atoms with Crippen LogP contribution in [0.2, 0.25) is 5.02 Å². The molecule has 3 aliphatic rings. The van der Waals surface area contributed by atoms with E-state index in [4.69, 9.17) is 17.3 Å². The summed E-state index contributed by atoms with van der Waals surface area (Å²) < 4.78 is 42.3. The fraction of sp³-hybridized carbons (Fsp3) is 0.512. The van der Waals surface area contributed by atoms with Gasteiger partial charge in [0.1, 0.15) is 0 Å². The molecule has 7 rings (SSSR count). The first-order valence-electron chi connectivity index (χ1n) is 21.7. The number of imidazole rings is 1. The number of carboxylic acid groups (broad SMARTS) is 1. The monoisotopic (exact) mass is 910 g/mol. The molecule has 17 nitrogen and oxygen atoms in total. The van der Waals surface area contributed by atoms with Crippen LogP contribution in [0.15, 0.2) is 42.7 Å². The first-order valence-corrected chi connectivity index (χ1v) is 22.1. The number of unbranched alkanes of at least 4 members (excludes halogenated alkanes) is 3. The van der Waals surface area contributed by atoms with Crippen LogP contribution in [0, 0.1) is 17.8 Å². The number of alkyl halides is 3. The molecule has 3 aromatic heterocycles. The number of nitrogens with two attached hydrogens (primary N) is 1. The molecule has 8 N–H and O–H groups in total. The van der Waals surface area contributed by atoms with E-state index < -0.39 is 23.7 Å². The molecule has 6 heterocycles. The molecule has 64 heavy (non-hydrogen) atoms. The number of aromatic nitrogens is 5. The van der Waals surface area contributed by atoms with Gasteiger partial charge in [-0.15, -0.1) is 0 Å². The molecule has 344 valence electrons. The van der Waals surface area contributed by atoms with Crippen molar-refractivity contribution >= 4 is 46.7 Å². The predicted molar refractivity (Wildman–Crippen MR) is 233 cm³/mol. The molecule has 3 fully saturated rings. The maximum absolute atomic E-state index is 14.1. The maximum Gasteiger partial charge on any atom is 0.435 e. The average molecular weight is 911 g/mol. The standard InChI is InChI=1S/C43H54ClF3N12O5/c44-33-20-28(5-7-31(33)41(63)58-15-17-59(18-16-58)42(64)36(27-21-49-22-27)26-9-13-57(14-10-26)25-35(60)61)54-40(62)39-52-24-30(53-39)19-32-37(55-56-38(32)43(45,46)47)34-8-6-29(23-51-34)50-12-4-2-1-3-11-48/h5-8,20,23-24,26-27,36,49-50H,1-4,9-19,21-22,25,48H2,(H,52,53)(H,54,62)(H,55,56)(H,60,61). The Balaban J connectivity index is 0.930. The van der Waals surface area contributed by atoms with E-state index in [1.165, 1.54) is 24.4 Å². The topological polar surface area (TPSA) is 231 Å². The van der Waals surface area contributed by atoms with Gasteiger partial charge in [-0.2, -0.15) is 18.3 Å². The van der Waals surface area contributed by atoms with Crippen LogP contribution in [0.25, 0.3) is 11.4 Å². The molecule has 1 unspecified atom stereocenters. The van der Waals surface area contributed by atoms with Crippen molar-refractivity contribution in [1.82, 2.24) is 45.2 Å². The number of benzene rings is 1. The molecule has 3 aliphatic heterocycles. The summed E-state index contributed by atoms with van der Waals surface area (Å²) in [6, 6.07) is 7.80. The van der Waals surface area contributed by atoms with Crippen molar-refractivity contribution in [3.8, 4) is 11.4 Å². The fourth-order valence-corrected chi connectivity index (χ4v) is 8.98. The second-order valence-electron chi connectivity index (χ2n) is 16.6. The summed E-state index contributed by atoms with van der Waals surface area (Å²) in [4.78, 5) is 68.7. The molecule has 1 aromatic carbocycles. The second-order valence-corrected chi connectivity index (χ2v) is 17.0. The van der Waals surface area contributed by atoms with Crippen LogP contribution in [0.3, 0.4) is 0 Å². The Morgan fingerprint density at radius 2 is 1.62 bits per heavy atom. The summed E-state index contributed by atoms with van der Waals surface area (Å²) in [6.45, 7) is 5.57. The van der Waals surface area contributed by atoms with E-state index in [1.54, 1.807) is 23.2 Å². The molecule has 0 radical (unpaired) electrons. The number of hydrogen-bond acceptors (Lipinski definition) is 11. The van der Waals surface area contributed by atoms with Crippen molar-refractivity contribution in [2.45, 2.75) is 51.1 Å². The van der Waals surface area contributed by atoms with Gasteiger partial charge in [0, 0.05) is 68.2 Å². The quantitative estimate of drug-likeness (QED) is 0.0682. The maximum atomic E-state index is 14.1. The molecular weight excluding hydrogens is 857 g/mol. The van der Waals surface area contributed by atoms with Gasteiger partial charge in [-0.3, -0.25) is 34.2 Å². The lowest BCUT2D eigenvalue weighted by atomic mass is 9.73. The van der Waals surface area contributed by atoms with Crippen LogP contribution in [-0.4, -0.2) is 141 Å². The Kier molecular flexibility index (Phi) is 15.2. The summed E-state index contributed by atoms with van der Waals surface area (Å²) in [5.74, 6) is -1.70. The molecule has 0 spiro atoms. The third-order valence-corrected chi connectivity index (χ3v) is 12.6. The van der Waals surface area contributed by atoms with Gasteiger partial charge >= 0.3 is 12.1 Å². The Bertz CT molecular complexity index is 2250. The number of nitrogens with zero attached hydrogens (tertiary/aromatic N) is 6. The zero-order chi connectivity index (χ0) is 45.4. The number of anilines is 2. The molecule has 3 saturated heterocycles. The smallest absolute Gasteiger partial charge is 0.435 e. The van der Waals surface area contributed by atoms with Gasteiger partial charge in [0.25, 0.3) is 11.8 Å². The SMILES string of the molecule is NCCCCCCNc1ccc(-c2[nH]nc(C(F)(F)F)c2Cc2cnc(C(=O)Nc3ccc(C(=O)N4CCN(C(=O)C(C5CCN(CC(=O)O)CC5)C5CNC5)CC4)c(Cl)c3)[nH]2)nc1. The molecule has 0 aliphatic carbocycles. The van der Waals surface area contributed by atoms with E-state index >= 15 is 0 Å². The van der Waals surface area contributed by atoms with Crippen LogP contribution in [0.4, 0.5) is 24.5 Å². The molecule has 3 amide bonds. The number of carbonyl (C=O) groups excluding carboxylic acids is 3. The number of amides is 3. The third-order valence-electron chi connectivity index (χ3n) is 12.3. The minimum absolute atomic E-state index is 0.000200. The number of H-pyrrole nitrogens is 2. The second kappa shape index (κ2) is 21.0. The summed E-state index contributed by atoms with van der Waals surface area (Å²) in [5, 5.41) is 24.6. The predicted octanol–water partition coefficient (Wildman–Crippen LogP) is 4.56. The van der Waals surface area contributed by atoms with Crippen LogP contribution < -0.4 is 21.7 Å². The van der Waals surface area contributed by atoms with Gasteiger partial charge in [0.2, 0.25) is 5.91 Å². The van der Waals surface area contributed by atoms with Crippen LogP contribution >= 0.6 is 11.6 Å². The number of carbonyl (C=O) groups is 4. The summed E-state index contributed by atoms with van der Waals surface area (Å²) in [7, 11) is 0. The fourth-order valence-electron chi connectivity index (χ4n) is 8.72. The van der Waals surface area contributed by atoms with E-state index in [0.29, 0.717) is 45.8 Å². The lowest BCUT2D eigenvalue weighted by Gasteiger charge is -2.45. The largest absolute Gasteiger partial charge is 0.480 e. The molecule has 4 aromatic rings. The van der Waals surface area contributed by atoms with Gasteiger partial charge in [-0.1, -0.05) is 24.4 Å². The van der Waals surface area contributed by atoms with Crippen LogP contribution in [-0.2, 0) is 22.2 Å². The number of halogens is 4. The Hall–Kier alpha value is -5.57. The highest BCUT2D eigenvalue weighted by Crippen LogP contribution is 2.37. The van der Waals surface area contributed by atoms with E-state index in [0.717, 1.165) is 63.8 Å². The zero-order valence-electron chi connectivity index (χ0n) is 35.4. The number of nitrogens with one attached hydrogen (secondary N) is 5. The molecule has 0 saturated carbocycles. The lowest BCUT2D eigenvalue weighted by molar-refractivity contribution is -0.144. The number of carboxylic acids is 1. The van der Waals surface area contributed by atoms with Gasteiger partial charge in [0.15, 0.2) is 11.5 Å². The van der Waals surface area contributed by atoms with E-state index in [2.05, 4.69) is 41.1 Å². The number of pyridine rings is 1.